The average molecular weight is 440 g/mol. The summed E-state index contributed by atoms with van der Waals surface area (Å²) < 4.78 is 10.8. The molecule has 7 nitrogen and oxygen atoms in total. The van der Waals surface area contributed by atoms with Gasteiger partial charge in [-0.15, -0.1) is 0 Å². The third-order valence-electron chi connectivity index (χ3n) is 5.41. The number of carbonyl (C=O) groups is 2. The number of phenols is 1. The quantitative estimate of drug-likeness (QED) is 0.280. The fourth-order valence-electron chi connectivity index (χ4n) is 3.88. The van der Waals surface area contributed by atoms with Crippen LogP contribution in [-0.2, 0) is 14.3 Å². The number of benzene rings is 2. The van der Waals surface area contributed by atoms with E-state index in [0.29, 0.717) is 35.5 Å². The molecule has 0 aliphatic carbocycles. The first-order valence-electron chi connectivity index (χ1n) is 10.6. The number of carbonyl (C=O) groups excluding carboxylic acids is 2. The van der Waals surface area contributed by atoms with Gasteiger partial charge in [0.05, 0.1) is 24.8 Å². The van der Waals surface area contributed by atoms with Gasteiger partial charge >= 0.3 is 0 Å². The Balaban J connectivity index is 2.07. The van der Waals surface area contributed by atoms with E-state index in [2.05, 4.69) is 0 Å². The van der Waals surface area contributed by atoms with E-state index in [1.54, 1.807) is 44.4 Å². The number of likely N-dealkylation sites (tertiary alicyclic amines) is 1. The summed E-state index contributed by atoms with van der Waals surface area (Å²) in [5, 5.41) is 21.2. The van der Waals surface area contributed by atoms with Crippen LogP contribution in [0.2, 0.25) is 0 Å². The largest absolute Gasteiger partial charge is 0.508 e. The van der Waals surface area contributed by atoms with Crippen LogP contribution in [0, 0.1) is 6.92 Å². The minimum Gasteiger partial charge on any atom is -0.508 e. The molecule has 1 saturated heterocycles. The van der Waals surface area contributed by atoms with Crippen LogP contribution < -0.4 is 4.74 Å². The Labute approximate surface area is 187 Å². The van der Waals surface area contributed by atoms with E-state index < -0.39 is 17.7 Å². The van der Waals surface area contributed by atoms with E-state index in [0.717, 1.165) is 0 Å². The number of phenolic OH excluding ortho intramolecular Hbond substituents is 1. The summed E-state index contributed by atoms with van der Waals surface area (Å²) >= 11 is 0. The second-order valence-electron chi connectivity index (χ2n) is 8.04. The molecule has 0 spiro atoms. The molecular weight excluding hydrogens is 410 g/mol. The Morgan fingerprint density at radius 3 is 2.53 bits per heavy atom. The van der Waals surface area contributed by atoms with Crippen LogP contribution in [0.25, 0.3) is 5.76 Å². The van der Waals surface area contributed by atoms with Gasteiger partial charge in [-0.05, 0) is 68.7 Å². The highest BCUT2D eigenvalue weighted by Gasteiger charge is 2.46. The van der Waals surface area contributed by atoms with Crippen LogP contribution >= 0.6 is 0 Å². The van der Waals surface area contributed by atoms with Crippen LogP contribution in [0.4, 0.5) is 0 Å². The van der Waals surface area contributed by atoms with Gasteiger partial charge in [-0.2, -0.15) is 0 Å². The molecule has 1 aliphatic rings. The minimum atomic E-state index is -0.817. The van der Waals surface area contributed by atoms with Crippen molar-refractivity contribution < 1.29 is 29.3 Å². The number of hydrogen-bond donors (Lipinski definition) is 2. The first kappa shape index (κ1) is 23.3. The molecule has 0 aromatic heterocycles. The van der Waals surface area contributed by atoms with E-state index in [1.165, 1.54) is 17.0 Å². The Morgan fingerprint density at radius 2 is 1.91 bits per heavy atom. The van der Waals surface area contributed by atoms with Crippen molar-refractivity contribution in [1.82, 2.24) is 4.90 Å². The first-order valence-corrected chi connectivity index (χ1v) is 10.6. The minimum absolute atomic E-state index is 0.00125. The van der Waals surface area contributed by atoms with E-state index in [4.69, 9.17) is 9.47 Å². The zero-order valence-electron chi connectivity index (χ0n) is 18.8. The van der Waals surface area contributed by atoms with Crippen LogP contribution in [0.15, 0.2) is 48.0 Å². The summed E-state index contributed by atoms with van der Waals surface area (Å²) in [5.74, 6) is -1.06. The van der Waals surface area contributed by atoms with E-state index in [-0.39, 0.29) is 29.7 Å². The number of aliphatic hydroxyl groups excluding tert-OH is 1. The lowest BCUT2D eigenvalue weighted by atomic mass is 9.93. The molecule has 1 fully saturated rings. The molecule has 2 aromatic carbocycles. The zero-order valence-corrected chi connectivity index (χ0v) is 18.8. The molecule has 3 rings (SSSR count). The van der Waals surface area contributed by atoms with Crippen molar-refractivity contribution in [3.8, 4) is 11.5 Å². The van der Waals surface area contributed by atoms with Gasteiger partial charge in [0.25, 0.3) is 11.7 Å². The summed E-state index contributed by atoms with van der Waals surface area (Å²) in [6, 6.07) is 10.7. The van der Waals surface area contributed by atoms with Gasteiger partial charge in [0.1, 0.15) is 17.3 Å². The summed E-state index contributed by atoms with van der Waals surface area (Å²) in [4.78, 5) is 27.4. The molecule has 1 aliphatic heterocycles. The lowest BCUT2D eigenvalue weighted by Gasteiger charge is -2.25. The average Bonchev–Trinajstić information content (AvgIpc) is 3.01. The lowest BCUT2D eigenvalue weighted by molar-refractivity contribution is -0.140. The third-order valence-corrected chi connectivity index (χ3v) is 5.41. The van der Waals surface area contributed by atoms with Crippen molar-refractivity contribution in [2.75, 3.05) is 20.3 Å². The smallest absolute Gasteiger partial charge is 0.295 e. The number of Topliss-reactive ketones (excluding diaryl/α,β-unsaturated/α-hetero) is 1. The molecule has 1 heterocycles. The Morgan fingerprint density at radius 1 is 1.16 bits per heavy atom. The van der Waals surface area contributed by atoms with Gasteiger partial charge < -0.3 is 24.6 Å². The molecule has 0 saturated carbocycles. The molecule has 0 radical (unpaired) electrons. The predicted molar refractivity (Wildman–Crippen MR) is 121 cm³/mol. The van der Waals surface area contributed by atoms with Gasteiger partial charge in [0, 0.05) is 18.7 Å². The first-order chi connectivity index (χ1) is 15.2. The molecular formula is C25H29NO6. The van der Waals surface area contributed by atoms with Gasteiger partial charge in [-0.3, -0.25) is 9.59 Å². The van der Waals surface area contributed by atoms with E-state index in [1.807, 2.05) is 13.8 Å². The molecule has 32 heavy (non-hydrogen) atoms. The highest BCUT2D eigenvalue weighted by molar-refractivity contribution is 6.46. The monoisotopic (exact) mass is 439 g/mol. The van der Waals surface area contributed by atoms with Gasteiger partial charge in [0.2, 0.25) is 0 Å². The van der Waals surface area contributed by atoms with Crippen LogP contribution in [-0.4, -0.2) is 53.2 Å². The molecule has 2 aromatic rings. The van der Waals surface area contributed by atoms with Crippen LogP contribution in [0.1, 0.15) is 43.0 Å². The number of ketones is 1. The van der Waals surface area contributed by atoms with Crippen molar-refractivity contribution in [3.05, 3.63) is 64.7 Å². The fourth-order valence-corrected chi connectivity index (χ4v) is 3.88. The summed E-state index contributed by atoms with van der Waals surface area (Å²) in [7, 11) is 1.55. The van der Waals surface area contributed by atoms with E-state index in [9.17, 15) is 19.8 Å². The van der Waals surface area contributed by atoms with Gasteiger partial charge in [-0.25, -0.2) is 0 Å². The maximum atomic E-state index is 13.0. The standard InChI is InChI=1S/C25H29NO6/c1-15(2)32-12-6-11-26-22(17-7-5-8-18(27)14-17)21(24(29)25(26)30)23(28)20-10-9-19(31-4)13-16(20)3/h5,7-10,13-15,22,27-28H,6,11-12H2,1-4H3/b23-21-. The molecule has 1 unspecified atom stereocenters. The Kier molecular flexibility index (Phi) is 7.20. The molecule has 170 valence electrons. The maximum absolute atomic E-state index is 13.0. The zero-order chi connectivity index (χ0) is 23.4. The number of aliphatic hydroxyl groups is 1. The summed E-state index contributed by atoms with van der Waals surface area (Å²) in [6.45, 7) is 6.35. The number of nitrogens with zero attached hydrogens (tertiary/aromatic N) is 1. The van der Waals surface area contributed by atoms with Crippen molar-refractivity contribution >= 4 is 17.4 Å². The molecule has 2 N–H and O–H groups in total. The Bertz CT molecular complexity index is 1040. The van der Waals surface area contributed by atoms with Gasteiger partial charge in [0.15, 0.2) is 0 Å². The number of rotatable bonds is 8. The lowest BCUT2D eigenvalue weighted by Crippen LogP contribution is -2.31. The van der Waals surface area contributed by atoms with Gasteiger partial charge in [-0.1, -0.05) is 12.1 Å². The highest BCUT2D eigenvalue weighted by atomic mass is 16.5. The molecule has 1 amide bonds. The number of aryl methyl sites for hydroxylation is 1. The second-order valence-corrected chi connectivity index (χ2v) is 8.04. The maximum Gasteiger partial charge on any atom is 0.295 e. The van der Waals surface area contributed by atoms with Crippen molar-refractivity contribution in [2.24, 2.45) is 0 Å². The van der Waals surface area contributed by atoms with E-state index >= 15 is 0 Å². The van der Waals surface area contributed by atoms with Crippen molar-refractivity contribution in [1.29, 1.82) is 0 Å². The fraction of sp³-hybridized carbons (Fsp3) is 0.360. The number of methoxy groups -OCH3 is 1. The van der Waals surface area contributed by atoms with Crippen LogP contribution in [0.3, 0.4) is 0 Å². The third kappa shape index (κ3) is 4.78. The molecule has 0 bridgehead atoms. The SMILES string of the molecule is COc1ccc(/C(O)=C2/C(=O)C(=O)N(CCCOC(C)C)C2c2cccc(O)c2)c(C)c1. The Hall–Kier alpha value is -3.32. The summed E-state index contributed by atoms with van der Waals surface area (Å²) in [5.41, 5.74) is 1.69. The molecule has 7 heteroatoms. The van der Waals surface area contributed by atoms with Crippen LogP contribution in [0.5, 0.6) is 11.5 Å². The summed E-state index contributed by atoms with van der Waals surface area (Å²) in [6.07, 6.45) is 0.590. The highest BCUT2D eigenvalue weighted by Crippen LogP contribution is 2.40. The predicted octanol–water partition coefficient (Wildman–Crippen LogP) is 3.95. The number of aromatic hydroxyl groups is 1. The molecule has 1 atom stereocenters. The van der Waals surface area contributed by atoms with Crippen molar-refractivity contribution in [2.45, 2.75) is 39.3 Å². The number of ether oxygens (including phenoxy) is 2. The number of amides is 1. The normalized spacial score (nSPS) is 17.9. The second kappa shape index (κ2) is 9.87. The number of hydrogen-bond acceptors (Lipinski definition) is 6. The van der Waals surface area contributed by atoms with Crippen molar-refractivity contribution in [3.63, 3.8) is 0 Å². The topological polar surface area (TPSA) is 96.3 Å².